The molecule has 0 aliphatic rings. The average Bonchev–Trinajstić information content (AvgIpc) is 1.86. The van der Waals surface area contributed by atoms with Gasteiger partial charge >= 0.3 is 5.97 Å². The monoisotopic (exact) mass is 170 g/mol. The summed E-state index contributed by atoms with van der Waals surface area (Å²) in [7, 11) is -0.227. The molecule has 0 aromatic heterocycles. The van der Waals surface area contributed by atoms with Gasteiger partial charge in [-0.25, -0.2) is 4.79 Å². The Morgan fingerprint density at radius 2 is 1.91 bits per heavy atom. The predicted octanol–water partition coefficient (Wildman–Crippen LogP) is 1.75. The molecular formula is C8H14O2Si. The van der Waals surface area contributed by atoms with Gasteiger partial charge in [0.25, 0.3) is 0 Å². The van der Waals surface area contributed by atoms with E-state index in [1.165, 1.54) is 7.11 Å². The summed E-state index contributed by atoms with van der Waals surface area (Å²) in [4.78, 5) is 11.1. The first-order valence-electron chi connectivity index (χ1n) is 3.42. The summed E-state index contributed by atoms with van der Waals surface area (Å²) in [6, 6.07) is 0. The van der Waals surface area contributed by atoms with Crippen LogP contribution in [0.3, 0.4) is 0 Å². The molecule has 0 N–H and O–H groups in total. The summed E-state index contributed by atoms with van der Waals surface area (Å²) in [6.07, 6.45) is 0. The number of methoxy groups -OCH3 is 1. The number of carbonyl (C=O) groups is 1. The highest BCUT2D eigenvalue weighted by Crippen LogP contribution is 2.13. The normalized spacial score (nSPS) is 10.2. The molecule has 11 heavy (non-hydrogen) atoms. The van der Waals surface area contributed by atoms with E-state index in [1.54, 1.807) is 0 Å². The van der Waals surface area contributed by atoms with E-state index in [4.69, 9.17) is 0 Å². The van der Waals surface area contributed by atoms with Crippen molar-refractivity contribution in [3.05, 3.63) is 17.5 Å². The molecule has 0 saturated heterocycles. The van der Waals surface area contributed by atoms with E-state index in [2.05, 4.69) is 36.7 Å². The molecule has 2 nitrogen and oxygen atoms in total. The summed E-state index contributed by atoms with van der Waals surface area (Å²) in [5, 5.41) is 0.625. The zero-order valence-corrected chi connectivity index (χ0v) is 8.52. The van der Waals surface area contributed by atoms with Crippen molar-refractivity contribution in [2.24, 2.45) is 0 Å². The quantitative estimate of drug-likeness (QED) is 0.273. The summed E-state index contributed by atoms with van der Waals surface area (Å²) in [6.45, 7) is 9.63. The van der Waals surface area contributed by atoms with E-state index in [0.717, 1.165) is 0 Å². The van der Waals surface area contributed by atoms with Crippen molar-refractivity contribution in [3.63, 3.8) is 0 Å². The van der Waals surface area contributed by atoms with Crippen LogP contribution in [0.15, 0.2) is 17.5 Å². The molecule has 0 heterocycles. The third-order valence-electron chi connectivity index (χ3n) is 1.32. The Labute approximate surface area is 68.6 Å². The van der Waals surface area contributed by atoms with E-state index in [0.29, 0.717) is 5.20 Å². The average molecular weight is 170 g/mol. The highest BCUT2D eigenvalue weighted by molar-refractivity contribution is 6.86. The lowest BCUT2D eigenvalue weighted by Gasteiger charge is -2.15. The van der Waals surface area contributed by atoms with E-state index in [-0.39, 0.29) is 5.97 Å². The molecule has 0 bridgehead atoms. The van der Waals surface area contributed by atoms with Gasteiger partial charge in [-0.3, -0.25) is 0 Å². The topological polar surface area (TPSA) is 26.3 Å². The summed E-state index contributed by atoms with van der Waals surface area (Å²) in [5.41, 5.74) is 2.65. The van der Waals surface area contributed by atoms with Gasteiger partial charge in [0.05, 0.1) is 20.4 Å². The standard InChI is InChI=1S/C8H14O2Si/c1-6-7(8(9)10-2)11(3,4)5/h1H2,2-5H3. The Balaban J connectivity index is 4.73. The molecular weight excluding hydrogens is 156 g/mol. The van der Waals surface area contributed by atoms with E-state index < -0.39 is 8.07 Å². The molecule has 0 aromatic carbocycles. The zero-order chi connectivity index (χ0) is 9.07. The number of rotatable bonds is 2. The second-order valence-corrected chi connectivity index (χ2v) is 8.29. The van der Waals surface area contributed by atoms with Crippen molar-refractivity contribution >= 4 is 14.0 Å². The van der Waals surface area contributed by atoms with Gasteiger partial charge in [0.1, 0.15) is 0 Å². The van der Waals surface area contributed by atoms with Crippen LogP contribution in [0.5, 0.6) is 0 Å². The van der Waals surface area contributed by atoms with Crippen LogP contribution in [-0.2, 0) is 9.53 Å². The molecule has 0 fully saturated rings. The molecule has 62 valence electrons. The first-order valence-corrected chi connectivity index (χ1v) is 6.92. The number of carbonyl (C=O) groups excluding carboxylic acids is 1. The van der Waals surface area contributed by atoms with Gasteiger partial charge in [0, 0.05) is 0 Å². The molecule has 0 rings (SSSR count). The van der Waals surface area contributed by atoms with Gasteiger partial charge in [-0.05, 0) is 0 Å². The van der Waals surface area contributed by atoms with Crippen LogP contribution in [0.25, 0.3) is 0 Å². The van der Waals surface area contributed by atoms with Gasteiger partial charge in [-0.15, -0.1) is 5.73 Å². The molecule has 0 aromatic rings. The van der Waals surface area contributed by atoms with Crippen LogP contribution in [0, 0.1) is 0 Å². The third kappa shape index (κ3) is 2.74. The van der Waals surface area contributed by atoms with Gasteiger partial charge < -0.3 is 4.74 Å². The minimum absolute atomic E-state index is 0.292. The van der Waals surface area contributed by atoms with Crippen LogP contribution in [-0.4, -0.2) is 21.2 Å². The van der Waals surface area contributed by atoms with Crippen molar-refractivity contribution < 1.29 is 9.53 Å². The number of hydrogen-bond acceptors (Lipinski definition) is 2. The number of hydrogen-bond donors (Lipinski definition) is 0. The lowest BCUT2D eigenvalue weighted by molar-refractivity contribution is -0.135. The second kappa shape index (κ2) is 3.56. The van der Waals surface area contributed by atoms with Crippen LogP contribution >= 0.6 is 0 Å². The Hall–Kier alpha value is -0.793. The fraction of sp³-hybridized carbons (Fsp3) is 0.500. The van der Waals surface area contributed by atoms with Gasteiger partial charge in [-0.1, -0.05) is 26.2 Å². The second-order valence-electron chi connectivity index (χ2n) is 3.29. The van der Waals surface area contributed by atoms with E-state index in [1.807, 2.05) is 0 Å². The zero-order valence-electron chi connectivity index (χ0n) is 7.52. The van der Waals surface area contributed by atoms with Gasteiger partial charge in [-0.2, -0.15) is 0 Å². The fourth-order valence-electron chi connectivity index (χ4n) is 0.746. The fourth-order valence-corrected chi connectivity index (χ4v) is 1.99. The molecule has 0 aliphatic heterocycles. The Bertz CT molecular complexity index is 207. The maximum absolute atomic E-state index is 11.1. The summed E-state index contributed by atoms with van der Waals surface area (Å²) >= 11 is 0. The SMILES string of the molecule is C=C=C(C(=O)OC)[Si](C)(C)C. The largest absolute Gasteiger partial charge is 0.465 e. The third-order valence-corrected chi connectivity index (χ3v) is 3.20. The highest BCUT2D eigenvalue weighted by atomic mass is 28.3. The van der Waals surface area contributed by atoms with Crippen molar-refractivity contribution in [1.82, 2.24) is 0 Å². The molecule has 0 amide bonds. The first-order chi connectivity index (χ1) is 4.93. The van der Waals surface area contributed by atoms with E-state index in [9.17, 15) is 4.79 Å². The van der Waals surface area contributed by atoms with Crippen molar-refractivity contribution in [3.8, 4) is 0 Å². The molecule has 0 radical (unpaired) electrons. The van der Waals surface area contributed by atoms with Crippen LogP contribution in [0.1, 0.15) is 0 Å². The number of esters is 1. The smallest absolute Gasteiger partial charge is 0.337 e. The van der Waals surface area contributed by atoms with Crippen LogP contribution < -0.4 is 0 Å². The van der Waals surface area contributed by atoms with Crippen LogP contribution in [0.4, 0.5) is 0 Å². The summed E-state index contributed by atoms with van der Waals surface area (Å²) < 4.78 is 4.59. The minimum Gasteiger partial charge on any atom is -0.465 e. The molecule has 0 saturated carbocycles. The van der Waals surface area contributed by atoms with E-state index >= 15 is 0 Å². The van der Waals surface area contributed by atoms with Crippen molar-refractivity contribution in [2.45, 2.75) is 19.6 Å². The highest BCUT2D eigenvalue weighted by Gasteiger charge is 2.25. The molecule has 0 spiro atoms. The maximum Gasteiger partial charge on any atom is 0.337 e. The molecule has 0 unspecified atom stereocenters. The van der Waals surface area contributed by atoms with Crippen molar-refractivity contribution in [2.75, 3.05) is 7.11 Å². The summed E-state index contributed by atoms with van der Waals surface area (Å²) in [5.74, 6) is -0.292. The minimum atomic E-state index is -1.60. The lowest BCUT2D eigenvalue weighted by Crippen LogP contribution is -2.29. The lowest BCUT2D eigenvalue weighted by atomic mass is 10.6. The Morgan fingerprint density at radius 1 is 1.45 bits per heavy atom. The molecule has 0 atom stereocenters. The van der Waals surface area contributed by atoms with Crippen LogP contribution in [0.2, 0.25) is 19.6 Å². The Kier molecular flexibility index (Phi) is 3.30. The predicted molar refractivity (Wildman–Crippen MR) is 48.0 cm³/mol. The van der Waals surface area contributed by atoms with Gasteiger partial charge in [0.2, 0.25) is 0 Å². The number of ether oxygens (including phenoxy) is 1. The first kappa shape index (κ1) is 10.2. The van der Waals surface area contributed by atoms with Gasteiger partial charge in [0.15, 0.2) is 0 Å². The Morgan fingerprint density at radius 3 is 2.00 bits per heavy atom. The molecule has 3 heteroatoms. The van der Waals surface area contributed by atoms with Crippen molar-refractivity contribution in [1.29, 1.82) is 0 Å². The molecule has 0 aliphatic carbocycles. The maximum atomic E-state index is 11.1.